The van der Waals surface area contributed by atoms with Crippen LogP contribution < -0.4 is 10.6 Å². The lowest BCUT2D eigenvalue weighted by molar-refractivity contribution is -0.139. The maximum absolute atomic E-state index is 11.7. The zero-order chi connectivity index (χ0) is 14.7. The number of amides is 2. The number of carbonyl (C=O) groups is 2. The number of thioether (sulfide) groups is 1. The zero-order valence-electron chi connectivity index (χ0n) is 11.8. The number of methoxy groups -OCH3 is 1. The van der Waals surface area contributed by atoms with E-state index >= 15 is 0 Å². The van der Waals surface area contributed by atoms with Crippen LogP contribution in [0.3, 0.4) is 0 Å². The molecule has 6 nitrogen and oxygen atoms in total. The third-order valence-corrected chi connectivity index (χ3v) is 3.20. The quantitative estimate of drug-likeness (QED) is 0.565. The van der Waals surface area contributed by atoms with Gasteiger partial charge in [-0.15, -0.1) is 0 Å². The topological polar surface area (TPSA) is 87.7 Å². The first kappa shape index (κ1) is 18.0. The van der Waals surface area contributed by atoms with Gasteiger partial charge < -0.3 is 20.5 Å². The maximum Gasteiger partial charge on any atom is 0.326 e. The van der Waals surface area contributed by atoms with Gasteiger partial charge in [-0.05, 0) is 24.9 Å². The van der Waals surface area contributed by atoms with E-state index in [1.165, 1.54) is 0 Å². The van der Waals surface area contributed by atoms with Crippen molar-refractivity contribution in [3.8, 4) is 0 Å². The molecule has 112 valence electrons. The number of aliphatic carboxylic acids is 1. The predicted molar refractivity (Wildman–Crippen MR) is 76.7 cm³/mol. The Morgan fingerprint density at radius 3 is 2.47 bits per heavy atom. The molecular formula is C12H24N2O4S. The summed E-state index contributed by atoms with van der Waals surface area (Å²) in [6, 6.07) is -1.40. The molecule has 2 atom stereocenters. The van der Waals surface area contributed by atoms with Crippen molar-refractivity contribution in [1.29, 1.82) is 0 Å². The first-order chi connectivity index (χ1) is 9.04. The molecule has 3 N–H and O–H groups in total. The summed E-state index contributed by atoms with van der Waals surface area (Å²) in [5.74, 6) is -0.323. The standard InChI is InChI=1S/C12H24N2O4S/c1-4-5-9(8-18-2)13-12(17)14-10(11(15)16)6-7-19-3/h9-10H,4-8H2,1-3H3,(H,15,16)(H2,13,14,17)/t9?,10-/m0/s1. The van der Waals surface area contributed by atoms with E-state index in [1.807, 2.05) is 13.2 Å². The van der Waals surface area contributed by atoms with Gasteiger partial charge >= 0.3 is 12.0 Å². The first-order valence-corrected chi connectivity index (χ1v) is 7.72. The lowest BCUT2D eigenvalue weighted by Crippen LogP contribution is -2.50. The average molecular weight is 292 g/mol. The first-order valence-electron chi connectivity index (χ1n) is 6.32. The van der Waals surface area contributed by atoms with Gasteiger partial charge in [0.15, 0.2) is 0 Å². The summed E-state index contributed by atoms with van der Waals surface area (Å²) < 4.78 is 5.01. The van der Waals surface area contributed by atoms with E-state index in [0.717, 1.165) is 12.8 Å². The van der Waals surface area contributed by atoms with Crippen molar-refractivity contribution in [2.75, 3.05) is 25.7 Å². The molecule has 2 amide bonds. The number of nitrogens with one attached hydrogen (secondary N) is 2. The number of rotatable bonds is 10. The number of hydrogen-bond acceptors (Lipinski definition) is 4. The van der Waals surface area contributed by atoms with E-state index in [-0.39, 0.29) is 6.04 Å². The normalized spacial score (nSPS) is 13.6. The number of urea groups is 1. The van der Waals surface area contributed by atoms with Gasteiger partial charge in [-0.25, -0.2) is 9.59 Å². The third kappa shape index (κ3) is 8.72. The summed E-state index contributed by atoms with van der Waals surface area (Å²) >= 11 is 1.55. The molecular weight excluding hydrogens is 268 g/mol. The van der Waals surface area contributed by atoms with Crippen LogP contribution in [0.15, 0.2) is 0 Å². The molecule has 0 aromatic heterocycles. The molecule has 19 heavy (non-hydrogen) atoms. The van der Waals surface area contributed by atoms with E-state index in [4.69, 9.17) is 9.84 Å². The highest BCUT2D eigenvalue weighted by molar-refractivity contribution is 7.98. The molecule has 1 unspecified atom stereocenters. The molecule has 0 aromatic carbocycles. The van der Waals surface area contributed by atoms with Gasteiger partial charge in [0, 0.05) is 7.11 Å². The number of carboxylic acids is 1. The number of carboxylic acid groups (broad SMARTS) is 1. The highest BCUT2D eigenvalue weighted by Gasteiger charge is 2.20. The Kier molecular flexibility index (Phi) is 10.4. The van der Waals surface area contributed by atoms with Crippen LogP contribution in [0, 0.1) is 0 Å². The second-order valence-electron chi connectivity index (χ2n) is 4.23. The van der Waals surface area contributed by atoms with Crippen molar-refractivity contribution in [2.24, 2.45) is 0 Å². The van der Waals surface area contributed by atoms with E-state index in [2.05, 4.69) is 10.6 Å². The van der Waals surface area contributed by atoms with E-state index in [1.54, 1.807) is 18.9 Å². The molecule has 0 fully saturated rings. The second kappa shape index (κ2) is 10.9. The molecule has 0 spiro atoms. The highest BCUT2D eigenvalue weighted by Crippen LogP contribution is 2.02. The Labute approximate surface area is 118 Å². The summed E-state index contributed by atoms with van der Waals surface area (Å²) in [6.45, 7) is 2.44. The van der Waals surface area contributed by atoms with Crippen LogP contribution in [-0.2, 0) is 9.53 Å². The van der Waals surface area contributed by atoms with Crippen molar-refractivity contribution < 1.29 is 19.4 Å². The maximum atomic E-state index is 11.7. The molecule has 0 saturated carbocycles. The molecule has 0 aromatic rings. The fraction of sp³-hybridized carbons (Fsp3) is 0.833. The van der Waals surface area contributed by atoms with Gasteiger partial charge in [-0.2, -0.15) is 11.8 Å². The van der Waals surface area contributed by atoms with Crippen LogP contribution in [0.4, 0.5) is 4.79 Å². The summed E-state index contributed by atoms with van der Waals surface area (Å²) in [5, 5.41) is 14.2. The summed E-state index contributed by atoms with van der Waals surface area (Å²) in [7, 11) is 1.57. The molecule has 0 heterocycles. The SMILES string of the molecule is CCCC(COC)NC(=O)N[C@@H](CCSC)C(=O)O. The average Bonchev–Trinajstić information content (AvgIpc) is 2.34. The Hall–Kier alpha value is -0.950. The van der Waals surface area contributed by atoms with Gasteiger partial charge in [0.05, 0.1) is 12.6 Å². The second-order valence-corrected chi connectivity index (χ2v) is 5.22. The zero-order valence-corrected chi connectivity index (χ0v) is 12.6. The minimum absolute atomic E-state index is 0.0926. The summed E-state index contributed by atoms with van der Waals surface area (Å²) in [5.41, 5.74) is 0. The number of hydrogen-bond donors (Lipinski definition) is 3. The minimum Gasteiger partial charge on any atom is -0.480 e. The Morgan fingerprint density at radius 1 is 1.32 bits per heavy atom. The molecule has 0 bridgehead atoms. The van der Waals surface area contributed by atoms with Crippen LogP contribution in [0.25, 0.3) is 0 Å². The minimum atomic E-state index is -1.01. The van der Waals surface area contributed by atoms with Gasteiger partial charge in [-0.1, -0.05) is 13.3 Å². The van der Waals surface area contributed by atoms with Crippen LogP contribution in [0.1, 0.15) is 26.2 Å². The molecule has 0 rings (SSSR count). The van der Waals surface area contributed by atoms with Crippen molar-refractivity contribution in [3.63, 3.8) is 0 Å². The monoisotopic (exact) mass is 292 g/mol. The van der Waals surface area contributed by atoms with Crippen molar-refractivity contribution in [2.45, 2.75) is 38.3 Å². The lowest BCUT2D eigenvalue weighted by Gasteiger charge is -2.20. The van der Waals surface area contributed by atoms with Crippen LogP contribution in [-0.4, -0.2) is 54.9 Å². The Bertz CT molecular complexity index is 270. The number of carbonyl (C=O) groups excluding carboxylic acids is 1. The molecule has 0 saturated heterocycles. The molecule has 0 aliphatic rings. The summed E-state index contributed by atoms with van der Waals surface area (Å²) in [6.07, 6.45) is 4.02. The lowest BCUT2D eigenvalue weighted by atomic mass is 10.2. The predicted octanol–water partition coefficient (Wildman–Crippen LogP) is 1.31. The van der Waals surface area contributed by atoms with Crippen molar-refractivity contribution in [1.82, 2.24) is 10.6 Å². The fourth-order valence-corrected chi connectivity index (χ4v) is 2.10. The molecule has 7 heteroatoms. The van der Waals surface area contributed by atoms with Crippen molar-refractivity contribution in [3.05, 3.63) is 0 Å². The molecule has 0 aliphatic carbocycles. The van der Waals surface area contributed by atoms with E-state index < -0.39 is 18.0 Å². The number of ether oxygens (including phenoxy) is 1. The van der Waals surface area contributed by atoms with E-state index in [0.29, 0.717) is 18.8 Å². The van der Waals surface area contributed by atoms with Gasteiger partial charge in [0.1, 0.15) is 6.04 Å². The highest BCUT2D eigenvalue weighted by atomic mass is 32.2. The van der Waals surface area contributed by atoms with E-state index in [9.17, 15) is 9.59 Å². The van der Waals surface area contributed by atoms with Crippen molar-refractivity contribution >= 4 is 23.8 Å². The Morgan fingerprint density at radius 2 is 2.00 bits per heavy atom. The molecule has 0 radical (unpaired) electrons. The third-order valence-electron chi connectivity index (χ3n) is 2.55. The smallest absolute Gasteiger partial charge is 0.326 e. The van der Waals surface area contributed by atoms with Crippen LogP contribution in [0.5, 0.6) is 0 Å². The van der Waals surface area contributed by atoms with Crippen LogP contribution >= 0.6 is 11.8 Å². The van der Waals surface area contributed by atoms with Gasteiger partial charge in [-0.3, -0.25) is 0 Å². The van der Waals surface area contributed by atoms with Gasteiger partial charge in [0.25, 0.3) is 0 Å². The Balaban J connectivity index is 4.25. The largest absolute Gasteiger partial charge is 0.480 e. The van der Waals surface area contributed by atoms with Crippen LogP contribution in [0.2, 0.25) is 0 Å². The molecule has 0 aliphatic heterocycles. The van der Waals surface area contributed by atoms with Gasteiger partial charge in [0.2, 0.25) is 0 Å². The summed E-state index contributed by atoms with van der Waals surface area (Å²) in [4.78, 5) is 22.7. The fourth-order valence-electron chi connectivity index (χ4n) is 1.63.